The van der Waals surface area contributed by atoms with Crippen molar-refractivity contribution >= 4 is 28.9 Å². The molecule has 1 amide bonds. The van der Waals surface area contributed by atoms with Gasteiger partial charge in [0.05, 0.1) is 11.3 Å². The lowest BCUT2D eigenvalue weighted by atomic mass is 9.98. The first-order valence-corrected chi connectivity index (χ1v) is 11.3. The van der Waals surface area contributed by atoms with Crippen molar-refractivity contribution in [1.82, 2.24) is 0 Å². The summed E-state index contributed by atoms with van der Waals surface area (Å²) in [7, 11) is 0. The van der Waals surface area contributed by atoms with Gasteiger partial charge in [0.15, 0.2) is 0 Å². The van der Waals surface area contributed by atoms with Crippen molar-refractivity contribution in [3.05, 3.63) is 63.5 Å². The molecule has 2 aromatic carbocycles. The molecule has 1 N–H and O–H groups in total. The number of esters is 1. The predicted octanol–water partition coefficient (Wildman–Crippen LogP) is 5.11. The molecule has 1 aliphatic heterocycles. The van der Waals surface area contributed by atoms with Crippen LogP contribution in [0.3, 0.4) is 0 Å². The summed E-state index contributed by atoms with van der Waals surface area (Å²) in [5.74, 6) is -1.15. The van der Waals surface area contributed by atoms with E-state index >= 15 is 0 Å². The molecule has 0 bridgehead atoms. The van der Waals surface area contributed by atoms with Crippen LogP contribution in [0.4, 0.5) is 21.5 Å². The van der Waals surface area contributed by atoms with Gasteiger partial charge >= 0.3 is 5.97 Å². The van der Waals surface area contributed by atoms with E-state index in [1.807, 2.05) is 4.90 Å². The van der Waals surface area contributed by atoms with Crippen LogP contribution < -0.4 is 10.2 Å². The second-order valence-electron chi connectivity index (χ2n) is 9.65. The van der Waals surface area contributed by atoms with Crippen molar-refractivity contribution in [2.24, 2.45) is 5.92 Å². The van der Waals surface area contributed by atoms with Gasteiger partial charge in [0.25, 0.3) is 11.6 Å². The Kier molecular flexibility index (Phi) is 7.54. The van der Waals surface area contributed by atoms with Crippen molar-refractivity contribution in [1.29, 1.82) is 0 Å². The maximum absolute atomic E-state index is 13.8. The standard InChI is InChI=1S/C25H30FN3O5/c1-16-9-11-28(12-10-16)21-8-5-17(14-22(21)29(32)33)24(31)27-20-7-6-19(26)13-18(20)15-23(30)34-25(2,3)4/h5-8,13-14,16H,9-12,15H2,1-4H3,(H,27,31). The van der Waals surface area contributed by atoms with Crippen LogP contribution in [0, 0.1) is 21.8 Å². The monoisotopic (exact) mass is 471 g/mol. The molecular formula is C25H30FN3O5. The number of nitrogens with one attached hydrogen (secondary N) is 1. The SMILES string of the molecule is CC1CCN(c2ccc(C(=O)Nc3ccc(F)cc3CC(=O)OC(C)(C)C)cc2[N+](=O)[O-])CC1. The number of amides is 1. The molecule has 0 aromatic heterocycles. The molecule has 0 aliphatic carbocycles. The molecule has 9 heteroatoms. The average molecular weight is 472 g/mol. The summed E-state index contributed by atoms with van der Waals surface area (Å²) in [4.78, 5) is 38.4. The highest BCUT2D eigenvalue weighted by Crippen LogP contribution is 2.32. The van der Waals surface area contributed by atoms with Crippen molar-refractivity contribution in [2.45, 2.75) is 52.6 Å². The molecular weight excluding hydrogens is 441 g/mol. The first kappa shape index (κ1) is 25.1. The Morgan fingerprint density at radius 3 is 2.47 bits per heavy atom. The highest BCUT2D eigenvalue weighted by Gasteiger charge is 2.25. The number of benzene rings is 2. The minimum atomic E-state index is -0.707. The number of rotatable bonds is 6. The molecule has 0 spiro atoms. The topological polar surface area (TPSA) is 102 Å². The van der Waals surface area contributed by atoms with E-state index < -0.39 is 28.2 Å². The van der Waals surface area contributed by atoms with Gasteiger partial charge in [0.1, 0.15) is 17.1 Å². The van der Waals surface area contributed by atoms with Crippen LogP contribution in [-0.2, 0) is 16.0 Å². The number of nitrogens with zero attached hydrogens (tertiary/aromatic N) is 2. The summed E-state index contributed by atoms with van der Waals surface area (Å²) in [5.41, 5.74) is 0.204. The van der Waals surface area contributed by atoms with Gasteiger partial charge in [-0.1, -0.05) is 6.92 Å². The number of nitro groups is 1. The highest BCUT2D eigenvalue weighted by molar-refractivity contribution is 6.05. The molecule has 8 nitrogen and oxygen atoms in total. The van der Waals surface area contributed by atoms with E-state index in [0.29, 0.717) is 11.6 Å². The van der Waals surface area contributed by atoms with E-state index in [-0.39, 0.29) is 28.9 Å². The Bertz CT molecular complexity index is 1090. The molecule has 1 saturated heterocycles. The third kappa shape index (κ3) is 6.52. The molecule has 1 heterocycles. The third-order valence-electron chi connectivity index (χ3n) is 5.63. The van der Waals surface area contributed by atoms with E-state index in [1.165, 1.54) is 18.2 Å². The number of hydrogen-bond acceptors (Lipinski definition) is 6. The fraction of sp³-hybridized carbons (Fsp3) is 0.440. The van der Waals surface area contributed by atoms with Gasteiger partial charge in [0.2, 0.25) is 0 Å². The Morgan fingerprint density at radius 2 is 1.85 bits per heavy atom. The second-order valence-corrected chi connectivity index (χ2v) is 9.65. The molecule has 34 heavy (non-hydrogen) atoms. The molecule has 1 aliphatic rings. The summed E-state index contributed by atoms with van der Waals surface area (Å²) in [6, 6.07) is 8.05. The van der Waals surface area contributed by atoms with Crippen LogP contribution in [0.25, 0.3) is 0 Å². The number of carbonyl (C=O) groups excluding carboxylic acids is 2. The molecule has 2 aromatic rings. The Morgan fingerprint density at radius 1 is 1.18 bits per heavy atom. The summed E-state index contributed by atoms with van der Waals surface area (Å²) >= 11 is 0. The quantitative estimate of drug-likeness (QED) is 0.357. The van der Waals surface area contributed by atoms with E-state index in [9.17, 15) is 24.1 Å². The predicted molar refractivity (Wildman–Crippen MR) is 128 cm³/mol. The second kappa shape index (κ2) is 10.2. The number of ether oxygens (including phenoxy) is 1. The zero-order valence-electron chi connectivity index (χ0n) is 19.9. The summed E-state index contributed by atoms with van der Waals surface area (Å²) in [6.45, 7) is 8.76. The lowest BCUT2D eigenvalue weighted by Crippen LogP contribution is -2.33. The van der Waals surface area contributed by atoms with Crippen LogP contribution in [0.1, 0.15) is 56.5 Å². The van der Waals surface area contributed by atoms with Crippen LogP contribution in [0.15, 0.2) is 36.4 Å². The number of halogens is 1. The van der Waals surface area contributed by atoms with E-state index in [0.717, 1.165) is 38.1 Å². The Balaban J connectivity index is 1.82. The summed E-state index contributed by atoms with van der Waals surface area (Å²) < 4.78 is 19.1. The Labute approximate surface area is 198 Å². The maximum atomic E-state index is 13.8. The molecule has 0 radical (unpaired) electrons. The van der Waals surface area contributed by atoms with Crippen molar-refractivity contribution in [3.63, 3.8) is 0 Å². The van der Waals surface area contributed by atoms with Gasteiger partial charge < -0.3 is 15.0 Å². The molecule has 0 atom stereocenters. The van der Waals surface area contributed by atoms with Gasteiger partial charge in [-0.05, 0) is 75.4 Å². The molecule has 182 valence electrons. The number of piperidine rings is 1. The smallest absolute Gasteiger partial charge is 0.310 e. The minimum absolute atomic E-state index is 0.0911. The number of hydrogen-bond donors (Lipinski definition) is 1. The van der Waals surface area contributed by atoms with Crippen molar-refractivity contribution in [3.8, 4) is 0 Å². The molecule has 3 rings (SSSR count). The highest BCUT2D eigenvalue weighted by atomic mass is 19.1. The van der Waals surface area contributed by atoms with Crippen LogP contribution in [-0.4, -0.2) is 35.5 Å². The summed E-state index contributed by atoms with van der Waals surface area (Å²) in [6.07, 6.45) is 1.66. The number of nitro benzene ring substituents is 1. The van der Waals surface area contributed by atoms with Crippen molar-refractivity contribution < 1.29 is 23.6 Å². The molecule has 1 fully saturated rings. The van der Waals surface area contributed by atoms with Crippen LogP contribution in [0.5, 0.6) is 0 Å². The van der Waals surface area contributed by atoms with E-state index in [1.54, 1.807) is 26.8 Å². The van der Waals surface area contributed by atoms with Gasteiger partial charge in [-0.25, -0.2) is 4.39 Å². The van der Waals surface area contributed by atoms with E-state index in [2.05, 4.69) is 12.2 Å². The number of anilines is 2. The van der Waals surface area contributed by atoms with Gasteiger partial charge in [0, 0.05) is 30.4 Å². The van der Waals surface area contributed by atoms with Gasteiger partial charge in [-0.2, -0.15) is 0 Å². The zero-order valence-corrected chi connectivity index (χ0v) is 19.9. The molecule has 0 unspecified atom stereocenters. The van der Waals surface area contributed by atoms with Crippen LogP contribution >= 0.6 is 0 Å². The van der Waals surface area contributed by atoms with Crippen molar-refractivity contribution in [2.75, 3.05) is 23.3 Å². The van der Waals surface area contributed by atoms with Gasteiger partial charge in [-0.3, -0.25) is 19.7 Å². The first-order valence-electron chi connectivity index (χ1n) is 11.3. The zero-order chi connectivity index (χ0) is 25.0. The third-order valence-corrected chi connectivity index (χ3v) is 5.63. The minimum Gasteiger partial charge on any atom is -0.460 e. The Hall–Kier alpha value is -3.49. The van der Waals surface area contributed by atoms with E-state index in [4.69, 9.17) is 4.74 Å². The number of carbonyl (C=O) groups is 2. The lowest BCUT2D eigenvalue weighted by Gasteiger charge is -2.31. The summed E-state index contributed by atoms with van der Waals surface area (Å²) in [5, 5.41) is 14.4. The molecule has 0 saturated carbocycles. The normalized spacial score (nSPS) is 14.6. The first-order chi connectivity index (χ1) is 15.9. The maximum Gasteiger partial charge on any atom is 0.310 e. The fourth-order valence-electron chi connectivity index (χ4n) is 3.89. The fourth-order valence-corrected chi connectivity index (χ4v) is 3.89. The van der Waals surface area contributed by atoms with Crippen LogP contribution in [0.2, 0.25) is 0 Å². The largest absolute Gasteiger partial charge is 0.460 e. The average Bonchev–Trinajstić information content (AvgIpc) is 2.74. The van der Waals surface area contributed by atoms with Gasteiger partial charge in [-0.15, -0.1) is 0 Å². The lowest BCUT2D eigenvalue weighted by molar-refractivity contribution is -0.384.